The minimum absolute atomic E-state index is 0.0274. The fourth-order valence-electron chi connectivity index (χ4n) is 4.93. The van der Waals surface area contributed by atoms with Gasteiger partial charge in [-0.15, -0.1) is 0 Å². The lowest BCUT2D eigenvalue weighted by molar-refractivity contribution is -0.139. The van der Waals surface area contributed by atoms with Crippen LogP contribution >= 0.6 is 0 Å². The summed E-state index contributed by atoms with van der Waals surface area (Å²) in [7, 11) is 1.54. The van der Waals surface area contributed by atoms with Crippen molar-refractivity contribution >= 4 is 17.5 Å². The summed E-state index contributed by atoms with van der Waals surface area (Å²) in [5.41, 5.74) is 3.39. The third-order valence-corrected chi connectivity index (χ3v) is 6.80. The minimum Gasteiger partial charge on any atom is -0.393 e. The van der Waals surface area contributed by atoms with Crippen molar-refractivity contribution in [2.45, 2.75) is 51.4 Å². The molecule has 0 radical (unpaired) electrons. The molecule has 2 N–H and O–H groups in total. The molecule has 3 atom stereocenters. The van der Waals surface area contributed by atoms with Crippen molar-refractivity contribution in [2.24, 2.45) is 22.7 Å². The van der Waals surface area contributed by atoms with Gasteiger partial charge in [0.05, 0.1) is 23.6 Å². The molecule has 172 valence electrons. The van der Waals surface area contributed by atoms with Crippen LogP contribution in [0.5, 0.6) is 0 Å². The Morgan fingerprint density at radius 3 is 2.56 bits per heavy atom. The molecule has 1 aliphatic heterocycles. The zero-order valence-corrected chi connectivity index (χ0v) is 18.1. The number of aliphatic hydroxyl groups excluding tert-OH is 1. The summed E-state index contributed by atoms with van der Waals surface area (Å²) in [6.45, 7) is 3.13. The molecule has 0 bridgehead atoms. The molecule has 1 amide bonds. The molecule has 1 saturated heterocycles. The van der Waals surface area contributed by atoms with Crippen molar-refractivity contribution in [3.63, 3.8) is 0 Å². The number of hydrogen-bond donors (Lipinski definition) is 2. The van der Waals surface area contributed by atoms with E-state index in [4.69, 9.17) is 0 Å². The molecule has 0 unspecified atom stereocenters. The Morgan fingerprint density at radius 1 is 1.25 bits per heavy atom. The van der Waals surface area contributed by atoms with Crippen LogP contribution in [0, 0.1) is 24.7 Å². The largest absolute Gasteiger partial charge is 0.416 e. The first-order valence-corrected chi connectivity index (χ1v) is 10.7. The number of carbonyl (C=O) groups excluding carboxylic acids is 2. The fraction of sp³-hybridized carbons (Fsp3) is 0.522. The average molecular weight is 449 g/mol. The van der Waals surface area contributed by atoms with E-state index in [1.165, 1.54) is 25.0 Å². The molecule has 1 saturated carbocycles. The number of nitrogens with one attached hydrogen (secondary N) is 1. The molecule has 9 heteroatoms. The fourth-order valence-corrected chi connectivity index (χ4v) is 4.93. The molecular weight excluding hydrogens is 423 g/mol. The third-order valence-electron chi connectivity index (χ3n) is 6.80. The highest BCUT2D eigenvalue weighted by Gasteiger charge is 2.45. The van der Waals surface area contributed by atoms with Crippen molar-refractivity contribution in [3.8, 4) is 0 Å². The SMILES string of the molecule is Cc1c([C@@H](C)N=C2NN(C)C(=O)[C@H]3CC(=O)[C@@H](C4CC(O)C4)C=C23)cccc1C(F)(F)F. The molecule has 0 aromatic heterocycles. The number of alkyl halides is 3. The van der Waals surface area contributed by atoms with Gasteiger partial charge in [0, 0.05) is 25.0 Å². The van der Waals surface area contributed by atoms with E-state index < -0.39 is 35.7 Å². The van der Waals surface area contributed by atoms with Gasteiger partial charge in [0.2, 0.25) is 5.91 Å². The summed E-state index contributed by atoms with van der Waals surface area (Å²) in [6.07, 6.45) is -1.95. The van der Waals surface area contributed by atoms with Crippen molar-refractivity contribution in [1.29, 1.82) is 0 Å². The quantitative estimate of drug-likeness (QED) is 0.742. The first-order valence-electron chi connectivity index (χ1n) is 10.7. The molecule has 3 aliphatic rings. The number of benzene rings is 1. The Morgan fingerprint density at radius 2 is 1.94 bits per heavy atom. The van der Waals surface area contributed by atoms with E-state index in [9.17, 15) is 27.9 Å². The highest BCUT2D eigenvalue weighted by Crippen LogP contribution is 2.41. The molecular formula is C23H26F3N3O3. The number of fused-ring (bicyclic) bond motifs is 1. The minimum atomic E-state index is -4.46. The molecule has 1 heterocycles. The number of amides is 1. The second kappa shape index (κ2) is 8.03. The lowest BCUT2D eigenvalue weighted by Gasteiger charge is -2.41. The number of ketones is 1. The van der Waals surface area contributed by atoms with Crippen LogP contribution in [0.2, 0.25) is 0 Å². The van der Waals surface area contributed by atoms with E-state index in [1.807, 2.05) is 0 Å². The Hall–Kier alpha value is -2.68. The van der Waals surface area contributed by atoms with E-state index in [-0.39, 0.29) is 29.6 Å². The van der Waals surface area contributed by atoms with Gasteiger partial charge in [0.15, 0.2) is 0 Å². The van der Waals surface area contributed by atoms with E-state index in [0.29, 0.717) is 29.8 Å². The monoisotopic (exact) mass is 449 g/mol. The lowest BCUT2D eigenvalue weighted by atomic mass is 9.67. The third kappa shape index (κ3) is 3.94. The zero-order chi connectivity index (χ0) is 23.4. The van der Waals surface area contributed by atoms with Gasteiger partial charge in [-0.2, -0.15) is 13.2 Å². The summed E-state index contributed by atoms with van der Waals surface area (Å²) < 4.78 is 40.0. The van der Waals surface area contributed by atoms with Gasteiger partial charge in [0.25, 0.3) is 0 Å². The zero-order valence-electron chi connectivity index (χ0n) is 18.1. The molecule has 1 aromatic rings. The first-order chi connectivity index (χ1) is 15.0. The summed E-state index contributed by atoms with van der Waals surface area (Å²) >= 11 is 0. The summed E-state index contributed by atoms with van der Waals surface area (Å²) in [5.74, 6) is -0.912. The standard InChI is InChI=1S/C23H26F3N3O3/c1-11-15(5-4-6-19(11)23(24,25)26)12(2)27-21-17-9-16(13-7-14(30)8-13)20(31)10-18(17)22(32)29(3)28-21/h4-6,9,12-14,16,18,30H,7-8,10H2,1-3H3,(H,27,28)/t12-,13?,14?,16-,18+/m1/s1. The van der Waals surface area contributed by atoms with E-state index in [2.05, 4.69) is 10.4 Å². The Kier molecular flexibility index (Phi) is 5.65. The predicted octanol–water partition coefficient (Wildman–Crippen LogP) is 3.35. The highest BCUT2D eigenvalue weighted by atomic mass is 19.4. The van der Waals surface area contributed by atoms with Gasteiger partial charge in [-0.3, -0.25) is 25.0 Å². The molecule has 0 spiro atoms. The van der Waals surface area contributed by atoms with Gasteiger partial charge < -0.3 is 5.11 Å². The highest BCUT2D eigenvalue weighted by molar-refractivity contribution is 6.10. The van der Waals surface area contributed by atoms with Crippen LogP contribution in [-0.4, -0.2) is 40.8 Å². The molecule has 4 rings (SSSR count). The molecule has 32 heavy (non-hydrogen) atoms. The Bertz CT molecular complexity index is 1010. The first kappa shape index (κ1) is 22.5. The van der Waals surface area contributed by atoms with E-state index in [0.717, 1.165) is 6.07 Å². The van der Waals surface area contributed by atoms with Gasteiger partial charge >= 0.3 is 6.18 Å². The van der Waals surface area contributed by atoms with E-state index in [1.54, 1.807) is 19.1 Å². The number of hydrogen-bond acceptors (Lipinski definition) is 4. The van der Waals surface area contributed by atoms with Crippen LogP contribution < -0.4 is 5.43 Å². The number of carbonyl (C=O) groups is 2. The second-order valence-corrected chi connectivity index (χ2v) is 8.94. The molecule has 2 fully saturated rings. The molecule has 2 aliphatic carbocycles. The van der Waals surface area contributed by atoms with Crippen molar-refractivity contribution in [3.05, 3.63) is 46.5 Å². The average Bonchev–Trinajstić information content (AvgIpc) is 2.68. The summed E-state index contributed by atoms with van der Waals surface area (Å²) in [5, 5.41) is 10.9. The van der Waals surface area contributed by atoms with Crippen molar-refractivity contribution < 1.29 is 27.9 Å². The van der Waals surface area contributed by atoms with Gasteiger partial charge in [-0.25, -0.2) is 0 Å². The maximum absolute atomic E-state index is 13.3. The number of Topliss-reactive ketones (excluding diaryl/α,β-unsaturated/α-hetero) is 1. The van der Waals surface area contributed by atoms with Crippen LogP contribution in [0.15, 0.2) is 34.8 Å². The second-order valence-electron chi connectivity index (χ2n) is 8.94. The van der Waals surface area contributed by atoms with Crippen LogP contribution in [0.4, 0.5) is 13.2 Å². The van der Waals surface area contributed by atoms with Crippen molar-refractivity contribution in [1.82, 2.24) is 10.4 Å². The number of rotatable bonds is 3. The number of aliphatic imine (C=N–C) groups is 1. The number of amidine groups is 1. The van der Waals surface area contributed by atoms with Crippen LogP contribution in [0.25, 0.3) is 0 Å². The van der Waals surface area contributed by atoms with E-state index >= 15 is 0 Å². The van der Waals surface area contributed by atoms with Gasteiger partial charge in [-0.05, 0) is 49.8 Å². The van der Waals surface area contributed by atoms with Gasteiger partial charge in [0.1, 0.15) is 11.6 Å². The van der Waals surface area contributed by atoms with Crippen molar-refractivity contribution in [2.75, 3.05) is 7.05 Å². The van der Waals surface area contributed by atoms with Crippen LogP contribution in [-0.2, 0) is 15.8 Å². The van der Waals surface area contributed by atoms with Crippen LogP contribution in [0.3, 0.4) is 0 Å². The van der Waals surface area contributed by atoms with Crippen LogP contribution in [0.1, 0.15) is 48.9 Å². The smallest absolute Gasteiger partial charge is 0.393 e. The topological polar surface area (TPSA) is 82.0 Å². The molecule has 6 nitrogen and oxygen atoms in total. The number of aliphatic hydroxyl groups is 1. The molecule has 1 aromatic carbocycles. The Balaban J connectivity index is 1.71. The summed E-state index contributed by atoms with van der Waals surface area (Å²) in [4.78, 5) is 30.0. The maximum atomic E-state index is 13.3. The maximum Gasteiger partial charge on any atom is 0.416 e. The number of nitrogens with zero attached hydrogens (tertiary/aromatic N) is 2. The van der Waals surface area contributed by atoms with Gasteiger partial charge in [-0.1, -0.05) is 18.2 Å². The predicted molar refractivity (Wildman–Crippen MR) is 111 cm³/mol. The number of hydrazine groups is 1. The Labute approximate surface area is 184 Å². The summed E-state index contributed by atoms with van der Waals surface area (Å²) in [6, 6.07) is 3.42. The number of allylic oxidation sites excluding steroid dienone is 1. The lowest BCUT2D eigenvalue weighted by Crippen LogP contribution is -2.56. The number of halogens is 3. The normalized spacial score (nSPS) is 30.4.